The molecule has 122 valence electrons. The number of carboxylic acid groups (broad SMARTS) is 1. The predicted molar refractivity (Wildman–Crippen MR) is 89.0 cm³/mol. The molecule has 1 saturated carbocycles. The second-order valence-corrected chi connectivity index (χ2v) is 6.63. The minimum atomic E-state index is -0.864. The molecule has 3 rings (SSSR count). The molecule has 0 saturated heterocycles. The number of carbonyl (C=O) groups is 2. The molecule has 1 aromatic rings. The molecule has 4 nitrogen and oxygen atoms in total. The zero-order valence-corrected chi connectivity index (χ0v) is 13.4. The maximum absolute atomic E-state index is 12.6. The number of amides is 1. The van der Waals surface area contributed by atoms with Crippen LogP contribution in [0, 0.1) is 23.7 Å². The van der Waals surface area contributed by atoms with Crippen molar-refractivity contribution in [2.75, 3.05) is 5.32 Å². The average Bonchev–Trinajstić information content (AvgIpc) is 3.15. The fourth-order valence-electron chi connectivity index (χ4n) is 3.88. The third-order valence-corrected chi connectivity index (χ3v) is 5.09. The molecule has 4 heteroatoms. The van der Waals surface area contributed by atoms with E-state index in [1.807, 2.05) is 36.4 Å². The maximum Gasteiger partial charge on any atom is 0.307 e. The normalized spacial score (nSPS) is 28.0. The lowest BCUT2D eigenvalue weighted by atomic mass is 9.82. The average molecular weight is 313 g/mol. The summed E-state index contributed by atoms with van der Waals surface area (Å²) in [6.45, 7) is 2.16. The summed E-state index contributed by atoms with van der Waals surface area (Å²) in [7, 11) is 0. The molecule has 1 amide bonds. The minimum absolute atomic E-state index is 0.00432. The van der Waals surface area contributed by atoms with Crippen LogP contribution < -0.4 is 5.32 Å². The van der Waals surface area contributed by atoms with Crippen LogP contribution in [0.2, 0.25) is 0 Å². The summed E-state index contributed by atoms with van der Waals surface area (Å²) >= 11 is 0. The molecule has 2 aliphatic carbocycles. The number of nitrogens with one attached hydrogen (secondary N) is 1. The summed E-state index contributed by atoms with van der Waals surface area (Å²) in [5, 5.41) is 12.3. The van der Waals surface area contributed by atoms with Crippen LogP contribution in [0.5, 0.6) is 0 Å². The van der Waals surface area contributed by atoms with E-state index in [-0.39, 0.29) is 17.7 Å². The first-order chi connectivity index (χ1) is 11.1. The Balaban J connectivity index is 1.67. The van der Waals surface area contributed by atoms with Gasteiger partial charge in [0.1, 0.15) is 0 Å². The lowest BCUT2D eigenvalue weighted by Crippen LogP contribution is -2.36. The van der Waals surface area contributed by atoms with Gasteiger partial charge in [-0.3, -0.25) is 9.59 Å². The van der Waals surface area contributed by atoms with Crippen LogP contribution in [-0.2, 0) is 16.0 Å². The number of aliphatic carboxylic acids is 1. The largest absolute Gasteiger partial charge is 0.481 e. The number of anilines is 1. The van der Waals surface area contributed by atoms with Crippen molar-refractivity contribution in [2.24, 2.45) is 23.7 Å². The van der Waals surface area contributed by atoms with E-state index in [9.17, 15) is 14.7 Å². The lowest BCUT2D eigenvalue weighted by Gasteiger charge is -2.23. The van der Waals surface area contributed by atoms with Crippen LogP contribution in [0.4, 0.5) is 5.69 Å². The molecule has 0 unspecified atom stereocenters. The molecule has 23 heavy (non-hydrogen) atoms. The van der Waals surface area contributed by atoms with E-state index in [4.69, 9.17) is 0 Å². The highest BCUT2D eigenvalue weighted by molar-refractivity contribution is 5.96. The monoisotopic (exact) mass is 313 g/mol. The Hall–Kier alpha value is -2.10. The van der Waals surface area contributed by atoms with E-state index in [2.05, 4.69) is 12.2 Å². The van der Waals surface area contributed by atoms with Crippen molar-refractivity contribution in [1.82, 2.24) is 0 Å². The summed E-state index contributed by atoms with van der Waals surface area (Å²) in [6, 6.07) is 7.87. The SMILES string of the molecule is CCCCc1ccc(NC(=O)[C@H]2[C@@H](C(=O)O)[C@H]3C=C[C@H]2C3)cc1. The number of carbonyl (C=O) groups excluding carboxylic acids is 1. The number of benzene rings is 1. The van der Waals surface area contributed by atoms with Crippen molar-refractivity contribution >= 4 is 17.6 Å². The number of allylic oxidation sites excluding steroid dienone is 2. The van der Waals surface area contributed by atoms with Gasteiger partial charge in [-0.05, 0) is 48.8 Å². The summed E-state index contributed by atoms with van der Waals surface area (Å²) in [6.07, 6.45) is 8.10. The lowest BCUT2D eigenvalue weighted by molar-refractivity contribution is -0.146. The molecule has 0 heterocycles. The Morgan fingerprint density at radius 3 is 2.39 bits per heavy atom. The molecular formula is C19H23NO3. The maximum atomic E-state index is 12.6. The molecule has 0 aromatic heterocycles. The van der Waals surface area contributed by atoms with Gasteiger partial charge in [-0.2, -0.15) is 0 Å². The highest BCUT2D eigenvalue weighted by Gasteiger charge is 2.51. The zero-order valence-electron chi connectivity index (χ0n) is 13.4. The van der Waals surface area contributed by atoms with E-state index < -0.39 is 17.8 Å². The van der Waals surface area contributed by atoms with E-state index in [0.29, 0.717) is 0 Å². The highest BCUT2D eigenvalue weighted by atomic mass is 16.4. The summed E-state index contributed by atoms with van der Waals surface area (Å²) in [5.41, 5.74) is 2.00. The number of hydrogen-bond donors (Lipinski definition) is 2. The third-order valence-electron chi connectivity index (χ3n) is 5.09. The van der Waals surface area contributed by atoms with Crippen molar-refractivity contribution in [3.8, 4) is 0 Å². The summed E-state index contributed by atoms with van der Waals surface area (Å²) in [5.74, 6) is -2.02. The highest BCUT2D eigenvalue weighted by Crippen LogP contribution is 2.48. The van der Waals surface area contributed by atoms with Crippen molar-refractivity contribution in [2.45, 2.75) is 32.6 Å². The van der Waals surface area contributed by atoms with Crippen LogP contribution >= 0.6 is 0 Å². The first kappa shape index (κ1) is 15.8. The molecular weight excluding hydrogens is 290 g/mol. The van der Waals surface area contributed by atoms with E-state index in [1.165, 1.54) is 5.56 Å². The van der Waals surface area contributed by atoms with Crippen molar-refractivity contribution in [3.63, 3.8) is 0 Å². The molecule has 2 aliphatic rings. The standard InChI is InChI=1S/C19H23NO3/c1-2-3-4-12-5-9-15(10-6-12)20-18(21)16-13-7-8-14(11-13)17(16)19(22)23/h5-10,13-14,16-17H,2-4,11H2,1H3,(H,20,21)(H,22,23)/t13-,14-,16+,17-/m0/s1. The Morgan fingerprint density at radius 2 is 1.78 bits per heavy atom. The predicted octanol–water partition coefficient (Wildman–Crippen LogP) is 3.49. The molecule has 2 bridgehead atoms. The minimum Gasteiger partial charge on any atom is -0.481 e. The number of rotatable bonds is 6. The molecule has 2 N–H and O–H groups in total. The molecule has 1 fully saturated rings. The van der Waals surface area contributed by atoms with Gasteiger partial charge in [0, 0.05) is 5.69 Å². The first-order valence-corrected chi connectivity index (χ1v) is 8.41. The van der Waals surface area contributed by atoms with Gasteiger partial charge < -0.3 is 10.4 Å². The molecule has 0 aliphatic heterocycles. The van der Waals surface area contributed by atoms with Crippen LogP contribution in [0.1, 0.15) is 31.7 Å². The number of fused-ring (bicyclic) bond motifs is 2. The summed E-state index contributed by atoms with van der Waals surface area (Å²) < 4.78 is 0. The summed E-state index contributed by atoms with van der Waals surface area (Å²) in [4.78, 5) is 24.1. The van der Waals surface area contributed by atoms with E-state index in [0.717, 1.165) is 31.4 Å². The quantitative estimate of drug-likeness (QED) is 0.790. The Labute approximate surface area is 136 Å². The number of hydrogen-bond acceptors (Lipinski definition) is 2. The number of unbranched alkanes of at least 4 members (excludes halogenated alkanes) is 1. The topological polar surface area (TPSA) is 66.4 Å². The molecule has 1 aromatic carbocycles. The second-order valence-electron chi connectivity index (χ2n) is 6.63. The van der Waals surface area contributed by atoms with Gasteiger partial charge in [0.15, 0.2) is 0 Å². The third kappa shape index (κ3) is 3.16. The molecule has 0 radical (unpaired) electrons. The molecule has 4 atom stereocenters. The first-order valence-electron chi connectivity index (χ1n) is 8.41. The van der Waals surface area contributed by atoms with Gasteiger partial charge in [0.05, 0.1) is 11.8 Å². The van der Waals surface area contributed by atoms with Gasteiger partial charge >= 0.3 is 5.97 Å². The fourth-order valence-corrected chi connectivity index (χ4v) is 3.88. The van der Waals surface area contributed by atoms with Crippen LogP contribution in [0.3, 0.4) is 0 Å². The van der Waals surface area contributed by atoms with E-state index in [1.54, 1.807) is 0 Å². The van der Waals surface area contributed by atoms with Gasteiger partial charge in [0.2, 0.25) is 5.91 Å². The van der Waals surface area contributed by atoms with E-state index >= 15 is 0 Å². The van der Waals surface area contributed by atoms with Gasteiger partial charge in [0.25, 0.3) is 0 Å². The van der Waals surface area contributed by atoms with Gasteiger partial charge in [-0.1, -0.05) is 37.6 Å². The van der Waals surface area contributed by atoms with Crippen molar-refractivity contribution < 1.29 is 14.7 Å². The second kappa shape index (κ2) is 6.57. The Kier molecular flexibility index (Phi) is 4.51. The fraction of sp³-hybridized carbons (Fsp3) is 0.474. The van der Waals surface area contributed by atoms with Gasteiger partial charge in [-0.25, -0.2) is 0 Å². The zero-order chi connectivity index (χ0) is 16.4. The molecule has 0 spiro atoms. The van der Waals surface area contributed by atoms with Crippen LogP contribution in [0.15, 0.2) is 36.4 Å². The number of carboxylic acids is 1. The van der Waals surface area contributed by atoms with Crippen molar-refractivity contribution in [1.29, 1.82) is 0 Å². The Morgan fingerprint density at radius 1 is 1.13 bits per heavy atom. The number of aryl methyl sites for hydroxylation is 1. The smallest absolute Gasteiger partial charge is 0.307 e. The van der Waals surface area contributed by atoms with Gasteiger partial charge in [-0.15, -0.1) is 0 Å². The Bertz CT molecular complexity index is 620. The van der Waals surface area contributed by atoms with Crippen LogP contribution in [0.25, 0.3) is 0 Å². The van der Waals surface area contributed by atoms with Crippen molar-refractivity contribution in [3.05, 3.63) is 42.0 Å². The van der Waals surface area contributed by atoms with Crippen LogP contribution in [-0.4, -0.2) is 17.0 Å².